The highest BCUT2D eigenvalue weighted by molar-refractivity contribution is 7.89. The summed E-state index contributed by atoms with van der Waals surface area (Å²) in [7, 11) is -2.00. The summed E-state index contributed by atoms with van der Waals surface area (Å²) in [5.74, 6) is 1.18. The number of carbonyl (C=O) groups excluding carboxylic acids is 1. The summed E-state index contributed by atoms with van der Waals surface area (Å²) < 4.78 is 40.1. The lowest BCUT2D eigenvalue weighted by Crippen LogP contribution is -2.42. The van der Waals surface area contributed by atoms with Crippen LogP contribution in [0.5, 0.6) is 5.75 Å². The maximum atomic E-state index is 13.9. The Morgan fingerprint density at radius 3 is 2.44 bits per heavy atom. The van der Waals surface area contributed by atoms with Crippen LogP contribution < -0.4 is 9.64 Å². The Morgan fingerprint density at radius 1 is 1.10 bits per heavy atom. The number of amides is 1. The van der Waals surface area contributed by atoms with Crippen molar-refractivity contribution in [3.63, 3.8) is 0 Å². The average Bonchev–Trinajstić information content (AvgIpc) is 3.38. The Morgan fingerprint density at radius 2 is 1.78 bits per heavy atom. The van der Waals surface area contributed by atoms with Crippen LogP contribution in [-0.4, -0.2) is 88.1 Å². The number of piperidine rings is 1. The van der Waals surface area contributed by atoms with Crippen LogP contribution >= 0.6 is 23.7 Å². The molecule has 2 atom stereocenters. The Hall–Kier alpha value is -2.28. The molecule has 2 unspecified atom stereocenters. The number of rotatable bonds is 9. The van der Waals surface area contributed by atoms with Crippen molar-refractivity contribution in [2.75, 3.05) is 64.5 Å². The van der Waals surface area contributed by atoms with E-state index in [0.717, 1.165) is 61.7 Å². The van der Waals surface area contributed by atoms with Gasteiger partial charge in [0.2, 0.25) is 10.0 Å². The minimum absolute atomic E-state index is 0. The number of carbonyl (C=O) groups is 1. The van der Waals surface area contributed by atoms with Gasteiger partial charge in [-0.3, -0.25) is 14.6 Å². The Balaban J connectivity index is 0.00000387. The summed E-state index contributed by atoms with van der Waals surface area (Å²) in [6, 6.07) is 12.0. The van der Waals surface area contributed by atoms with E-state index in [4.69, 9.17) is 14.5 Å². The van der Waals surface area contributed by atoms with Gasteiger partial charge in [-0.15, -0.1) is 12.4 Å². The highest BCUT2D eigenvalue weighted by atomic mass is 35.5. The molecular formula is C29H39ClN4O5S2. The third kappa shape index (κ3) is 7.39. The molecule has 0 radical (unpaired) electrons. The third-order valence-corrected chi connectivity index (χ3v) is 10.5. The number of anilines is 1. The van der Waals surface area contributed by atoms with E-state index in [2.05, 4.69) is 18.7 Å². The van der Waals surface area contributed by atoms with E-state index in [1.165, 1.54) is 11.3 Å². The maximum Gasteiger partial charge on any atom is 0.260 e. The van der Waals surface area contributed by atoms with Crippen LogP contribution in [0, 0.1) is 11.8 Å². The molecule has 1 amide bonds. The maximum absolute atomic E-state index is 13.9. The van der Waals surface area contributed by atoms with Gasteiger partial charge in [0.25, 0.3) is 5.91 Å². The Bertz CT molecular complexity index is 1420. The van der Waals surface area contributed by atoms with Crippen molar-refractivity contribution >= 4 is 55.0 Å². The van der Waals surface area contributed by atoms with Crippen LogP contribution in [0.15, 0.2) is 47.4 Å². The molecule has 0 N–H and O–H groups in total. The van der Waals surface area contributed by atoms with E-state index >= 15 is 0 Å². The number of nitrogens with zero attached hydrogens (tertiary/aromatic N) is 4. The molecule has 1 aromatic heterocycles. The first kappa shape index (κ1) is 31.7. The fourth-order valence-corrected chi connectivity index (χ4v) is 8.27. The van der Waals surface area contributed by atoms with Gasteiger partial charge in [0.15, 0.2) is 5.13 Å². The second kappa shape index (κ2) is 13.8. The second-order valence-electron chi connectivity index (χ2n) is 10.9. The zero-order valence-electron chi connectivity index (χ0n) is 23.8. The SMILES string of the molecule is COc1ccc2nc(N(CCCN3CCOCC3)C(=O)c3ccc(S(=O)(=O)N4CC(C)CC(C)C4)cc3)sc2c1.Cl. The Kier molecular flexibility index (Phi) is 10.6. The van der Waals surface area contributed by atoms with Crippen LogP contribution in [0.4, 0.5) is 5.13 Å². The molecule has 41 heavy (non-hydrogen) atoms. The number of hydrogen-bond acceptors (Lipinski definition) is 8. The zero-order valence-corrected chi connectivity index (χ0v) is 26.3. The van der Waals surface area contributed by atoms with Gasteiger partial charge in [0.1, 0.15) is 5.75 Å². The van der Waals surface area contributed by atoms with Gasteiger partial charge < -0.3 is 9.47 Å². The predicted octanol–water partition coefficient (Wildman–Crippen LogP) is 4.76. The first-order chi connectivity index (χ1) is 19.2. The number of thiazole rings is 1. The van der Waals surface area contributed by atoms with E-state index in [9.17, 15) is 13.2 Å². The van der Waals surface area contributed by atoms with Crippen molar-refractivity contribution in [1.29, 1.82) is 0 Å². The molecule has 2 aromatic carbocycles. The summed E-state index contributed by atoms with van der Waals surface area (Å²) in [6.45, 7) is 9.81. The molecule has 0 bridgehead atoms. The zero-order chi connectivity index (χ0) is 28.3. The minimum atomic E-state index is -3.62. The van der Waals surface area contributed by atoms with E-state index in [1.807, 2.05) is 18.2 Å². The molecule has 9 nitrogen and oxygen atoms in total. The minimum Gasteiger partial charge on any atom is -0.497 e. The quantitative estimate of drug-likeness (QED) is 0.340. The lowest BCUT2D eigenvalue weighted by Gasteiger charge is -2.34. The van der Waals surface area contributed by atoms with Crippen molar-refractivity contribution in [1.82, 2.24) is 14.2 Å². The topological polar surface area (TPSA) is 92.3 Å². The largest absolute Gasteiger partial charge is 0.497 e. The monoisotopic (exact) mass is 622 g/mol. The normalized spacial score (nSPS) is 20.5. The fraction of sp³-hybridized carbons (Fsp3) is 0.517. The van der Waals surface area contributed by atoms with Crippen molar-refractivity contribution < 1.29 is 22.7 Å². The van der Waals surface area contributed by atoms with Crippen molar-refractivity contribution in [3.8, 4) is 5.75 Å². The molecule has 3 aromatic rings. The number of morpholine rings is 1. The lowest BCUT2D eigenvalue weighted by molar-refractivity contribution is 0.0376. The summed E-state index contributed by atoms with van der Waals surface area (Å²) in [5.41, 5.74) is 1.24. The summed E-state index contributed by atoms with van der Waals surface area (Å²) >= 11 is 1.45. The van der Waals surface area contributed by atoms with Crippen molar-refractivity contribution in [3.05, 3.63) is 48.0 Å². The first-order valence-corrected chi connectivity index (χ1v) is 16.2. The van der Waals surface area contributed by atoms with Crippen molar-refractivity contribution in [2.24, 2.45) is 11.8 Å². The molecule has 0 saturated carbocycles. The first-order valence-electron chi connectivity index (χ1n) is 13.9. The number of ether oxygens (including phenoxy) is 2. The number of halogens is 1. The molecule has 2 aliphatic heterocycles. The molecule has 3 heterocycles. The van der Waals surface area contributed by atoms with Gasteiger partial charge >= 0.3 is 0 Å². The van der Waals surface area contributed by atoms with E-state index in [0.29, 0.717) is 42.2 Å². The smallest absolute Gasteiger partial charge is 0.260 e. The molecule has 2 fully saturated rings. The van der Waals surface area contributed by atoms with Gasteiger partial charge in [0, 0.05) is 44.8 Å². The van der Waals surface area contributed by atoms with E-state index in [1.54, 1.807) is 40.6 Å². The number of aromatic nitrogens is 1. The molecule has 12 heteroatoms. The molecule has 0 aliphatic carbocycles. The molecule has 2 aliphatic rings. The van der Waals surface area contributed by atoms with E-state index < -0.39 is 10.0 Å². The average molecular weight is 623 g/mol. The van der Waals surface area contributed by atoms with Gasteiger partial charge in [-0.05, 0) is 67.1 Å². The predicted molar refractivity (Wildman–Crippen MR) is 165 cm³/mol. The standard InChI is InChI=1S/C29H38N4O5S2.ClH/c1-21-17-22(2)20-32(19-21)40(35,36)25-8-5-23(6-9-25)28(34)33(12-4-11-31-13-15-38-16-14-31)29-30-26-10-7-24(37-3)18-27(26)39-29;/h5-10,18,21-22H,4,11-17,19-20H2,1-3H3;1H. The highest BCUT2D eigenvalue weighted by Crippen LogP contribution is 2.33. The molecule has 224 valence electrons. The van der Waals surface area contributed by atoms with Gasteiger partial charge in [0.05, 0.1) is 35.4 Å². The molecule has 2 saturated heterocycles. The highest BCUT2D eigenvalue weighted by Gasteiger charge is 2.32. The number of benzene rings is 2. The second-order valence-corrected chi connectivity index (χ2v) is 13.8. The number of hydrogen-bond donors (Lipinski definition) is 0. The van der Waals surface area contributed by atoms with Gasteiger partial charge in [-0.1, -0.05) is 25.2 Å². The van der Waals surface area contributed by atoms with Gasteiger partial charge in [-0.2, -0.15) is 4.31 Å². The third-order valence-electron chi connectivity index (χ3n) is 7.59. The summed E-state index contributed by atoms with van der Waals surface area (Å²) in [6.07, 6.45) is 1.81. The van der Waals surface area contributed by atoms with Crippen LogP contribution in [0.1, 0.15) is 37.0 Å². The molecule has 0 spiro atoms. The number of fused-ring (bicyclic) bond motifs is 1. The van der Waals surface area contributed by atoms with Crippen molar-refractivity contribution in [2.45, 2.75) is 31.6 Å². The Labute approximate surface area is 252 Å². The van der Waals surface area contributed by atoms with Crippen LogP contribution in [0.3, 0.4) is 0 Å². The van der Waals surface area contributed by atoms with E-state index in [-0.39, 0.29) is 23.2 Å². The number of methoxy groups -OCH3 is 1. The van der Waals surface area contributed by atoms with Crippen LogP contribution in [0.25, 0.3) is 10.2 Å². The van der Waals surface area contributed by atoms with Crippen LogP contribution in [0.2, 0.25) is 0 Å². The lowest BCUT2D eigenvalue weighted by atomic mass is 9.94. The molecular weight excluding hydrogens is 584 g/mol. The summed E-state index contributed by atoms with van der Waals surface area (Å²) in [5, 5.41) is 0.614. The van der Waals surface area contributed by atoms with Gasteiger partial charge in [-0.25, -0.2) is 13.4 Å². The summed E-state index contributed by atoms with van der Waals surface area (Å²) in [4.78, 5) is 22.9. The number of sulfonamides is 1. The molecule has 5 rings (SSSR count). The van der Waals surface area contributed by atoms with Crippen LogP contribution in [-0.2, 0) is 14.8 Å². The fourth-order valence-electron chi connectivity index (χ4n) is 5.57.